The number of hydrogen-bond donors (Lipinski definition) is 5. The molecule has 0 radical (unpaired) electrons. The van der Waals surface area contributed by atoms with Gasteiger partial charge in [-0.15, -0.1) is 0 Å². The number of nitrogens with one attached hydrogen (secondary N) is 4. The Labute approximate surface area is 182 Å². The van der Waals surface area contributed by atoms with Crippen LogP contribution in [0.25, 0.3) is 11.1 Å². The number of hydrogen-bond acceptors (Lipinski definition) is 6. The van der Waals surface area contributed by atoms with Crippen molar-refractivity contribution in [2.24, 2.45) is 5.73 Å². The van der Waals surface area contributed by atoms with E-state index in [9.17, 15) is 18.4 Å². The highest BCUT2D eigenvalue weighted by atomic mass is 19.1. The predicted octanol–water partition coefficient (Wildman–Crippen LogP) is 2.50. The van der Waals surface area contributed by atoms with Crippen molar-refractivity contribution >= 4 is 17.7 Å². The van der Waals surface area contributed by atoms with Crippen molar-refractivity contribution in [3.05, 3.63) is 69.9 Å². The van der Waals surface area contributed by atoms with Crippen molar-refractivity contribution in [2.75, 3.05) is 23.7 Å². The summed E-state index contributed by atoms with van der Waals surface area (Å²) in [6.45, 7) is 3.39. The lowest BCUT2D eigenvalue weighted by Gasteiger charge is -2.09. The van der Waals surface area contributed by atoms with Crippen LogP contribution in [-0.4, -0.2) is 34.1 Å². The number of carbonyl (C=O) groups is 1. The van der Waals surface area contributed by atoms with Gasteiger partial charge in [-0.1, -0.05) is 6.07 Å². The number of aromatic nitrogens is 3. The minimum Gasteiger partial charge on any atom is -0.331 e. The quantitative estimate of drug-likeness (QED) is 0.339. The minimum absolute atomic E-state index is 0.112. The molecule has 6 N–H and O–H groups in total. The number of anilines is 2. The van der Waals surface area contributed by atoms with Gasteiger partial charge in [-0.25, -0.2) is 13.6 Å². The summed E-state index contributed by atoms with van der Waals surface area (Å²) in [7, 11) is 0. The van der Waals surface area contributed by atoms with Gasteiger partial charge in [-0.2, -0.15) is 4.98 Å². The lowest BCUT2D eigenvalue weighted by molar-refractivity contribution is 0.262. The molecule has 11 heteroatoms. The van der Waals surface area contributed by atoms with Crippen LogP contribution in [-0.2, 0) is 6.54 Å². The van der Waals surface area contributed by atoms with Gasteiger partial charge in [0, 0.05) is 30.6 Å². The third-order valence-electron chi connectivity index (χ3n) is 4.52. The monoisotopic (exact) mass is 443 g/mol. The van der Waals surface area contributed by atoms with E-state index in [1.165, 1.54) is 13.1 Å². The molecule has 3 aromatic rings. The lowest BCUT2D eigenvalue weighted by Crippen LogP contribution is -2.24. The highest BCUT2D eigenvalue weighted by Gasteiger charge is 2.12. The van der Waals surface area contributed by atoms with E-state index < -0.39 is 23.2 Å². The van der Waals surface area contributed by atoms with Gasteiger partial charge >= 0.3 is 6.03 Å². The SMILES string of the molecule is Cc1cc(F)c(NC(=O)Nc2nc(=O)c(-c3ccc(CNCCCN)nc3)c[nH]2)cc1F. The van der Waals surface area contributed by atoms with E-state index in [4.69, 9.17) is 5.73 Å². The second kappa shape index (κ2) is 10.6. The van der Waals surface area contributed by atoms with Gasteiger partial charge in [0.05, 0.1) is 16.9 Å². The molecule has 0 unspecified atom stereocenters. The molecule has 3 rings (SSSR count). The van der Waals surface area contributed by atoms with E-state index in [0.29, 0.717) is 18.7 Å². The van der Waals surface area contributed by atoms with Gasteiger partial charge in [0.15, 0.2) is 0 Å². The van der Waals surface area contributed by atoms with Crippen LogP contribution < -0.4 is 27.2 Å². The summed E-state index contributed by atoms with van der Waals surface area (Å²) in [6, 6.07) is 4.48. The Kier molecular flexibility index (Phi) is 7.58. The van der Waals surface area contributed by atoms with Crippen LogP contribution in [0.15, 0.2) is 41.5 Å². The van der Waals surface area contributed by atoms with Gasteiger partial charge in [0.2, 0.25) is 5.95 Å². The van der Waals surface area contributed by atoms with Gasteiger partial charge in [-0.3, -0.25) is 15.1 Å². The summed E-state index contributed by atoms with van der Waals surface area (Å²) in [4.78, 5) is 35.2. The normalized spacial score (nSPS) is 10.8. The minimum atomic E-state index is -0.892. The summed E-state index contributed by atoms with van der Waals surface area (Å²) in [5.41, 5.74) is 6.25. The Balaban J connectivity index is 1.64. The molecule has 2 heterocycles. The maximum Gasteiger partial charge on any atom is 0.326 e. The first-order chi connectivity index (χ1) is 15.4. The molecule has 0 saturated heterocycles. The summed E-state index contributed by atoms with van der Waals surface area (Å²) in [5, 5.41) is 7.66. The smallest absolute Gasteiger partial charge is 0.326 e. The number of pyridine rings is 1. The number of nitrogens with zero attached hydrogens (tertiary/aromatic N) is 2. The van der Waals surface area contributed by atoms with E-state index in [-0.39, 0.29) is 22.8 Å². The summed E-state index contributed by atoms with van der Waals surface area (Å²) in [5.74, 6) is -1.61. The number of amides is 2. The zero-order valence-corrected chi connectivity index (χ0v) is 17.3. The second-order valence-electron chi connectivity index (χ2n) is 6.99. The van der Waals surface area contributed by atoms with Crippen molar-refractivity contribution in [3.63, 3.8) is 0 Å². The number of rotatable bonds is 8. The number of aromatic amines is 1. The van der Waals surface area contributed by atoms with Gasteiger partial charge in [-0.05, 0) is 44.1 Å². The fraction of sp³-hybridized carbons (Fsp3) is 0.238. The number of aryl methyl sites for hydroxylation is 1. The third kappa shape index (κ3) is 5.93. The predicted molar refractivity (Wildman–Crippen MR) is 117 cm³/mol. The average Bonchev–Trinajstić information content (AvgIpc) is 2.76. The van der Waals surface area contributed by atoms with Crippen LogP contribution in [0.1, 0.15) is 17.7 Å². The molecular formula is C21H23F2N7O2. The zero-order chi connectivity index (χ0) is 23.1. The molecule has 0 aliphatic heterocycles. The average molecular weight is 443 g/mol. The standard InChI is InChI=1S/C21H23F2N7O2/c1-12-7-17(23)18(8-16(12)22)28-21(32)30-20-27-11-15(19(31)29-20)13-3-4-14(26-9-13)10-25-6-2-5-24/h3-4,7-9,11,25H,2,5-6,10,24H2,1H3,(H3,27,28,29,30,31,32). The first-order valence-electron chi connectivity index (χ1n) is 9.87. The van der Waals surface area contributed by atoms with Crippen LogP contribution >= 0.6 is 0 Å². The number of H-pyrrole nitrogens is 1. The summed E-state index contributed by atoms with van der Waals surface area (Å²) >= 11 is 0. The Bertz CT molecular complexity index is 1150. The van der Waals surface area contributed by atoms with E-state index in [1.54, 1.807) is 18.3 Å². The molecule has 168 valence electrons. The maximum absolute atomic E-state index is 13.9. The van der Waals surface area contributed by atoms with E-state index >= 15 is 0 Å². The first-order valence-corrected chi connectivity index (χ1v) is 9.87. The number of nitrogens with two attached hydrogens (primary N) is 1. The van der Waals surface area contributed by atoms with E-state index in [1.807, 2.05) is 0 Å². The number of urea groups is 1. The number of halogens is 2. The van der Waals surface area contributed by atoms with Gasteiger partial charge in [0.1, 0.15) is 11.6 Å². The molecule has 1 aromatic carbocycles. The Morgan fingerprint density at radius 3 is 2.69 bits per heavy atom. The molecule has 0 aliphatic rings. The van der Waals surface area contributed by atoms with Crippen LogP contribution in [0.2, 0.25) is 0 Å². The number of carbonyl (C=O) groups excluding carboxylic acids is 1. The lowest BCUT2D eigenvalue weighted by atomic mass is 10.1. The molecule has 0 atom stereocenters. The molecule has 32 heavy (non-hydrogen) atoms. The van der Waals surface area contributed by atoms with Crippen LogP contribution in [0.3, 0.4) is 0 Å². The van der Waals surface area contributed by atoms with Crippen LogP contribution in [0, 0.1) is 18.6 Å². The second-order valence-corrected chi connectivity index (χ2v) is 6.99. The fourth-order valence-corrected chi connectivity index (χ4v) is 2.80. The van der Waals surface area contributed by atoms with E-state index in [2.05, 4.69) is 30.9 Å². The summed E-state index contributed by atoms with van der Waals surface area (Å²) < 4.78 is 27.5. The fourth-order valence-electron chi connectivity index (χ4n) is 2.80. The van der Waals surface area contributed by atoms with Gasteiger partial charge < -0.3 is 21.4 Å². The molecule has 2 aromatic heterocycles. The Morgan fingerprint density at radius 1 is 1.19 bits per heavy atom. The van der Waals surface area contributed by atoms with Crippen molar-refractivity contribution in [2.45, 2.75) is 19.9 Å². The highest BCUT2D eigenvalue weighted by molar-refractivity contribution is 5.98. The molecule has 0 aliphatic carbocycles. The van der Waals surface area contributed by atoms with Crippen LogP contribution in [0.4, 0.5) is 25.2 Å². The molecule has 0 saturated carbocycles. The van der Waals surface area contributed by atoms with Crippen molar-refractivity contribution in [1.82, 2.24) is 20.3 Å². The Morgan fingerprint density at radius 2 is 2.00 bits per heavy atom. The van der Waals surface area contributed by atoms with Crippen molar-refractivity contribution in [1.29, 1.82) is 0 Å². The molecule has 0 bridgehead atoms. The molecule has 9 nitrogen and oxygen atoms in total. The number of benzene rings is 1. The van der Waals surface area contributed by atoms with Crippen molar-refractivity contribution < 1.29 is 13.6 Å². The third-order valence-corrected chi connectivity index (χ3v) is 4.52. The molecule has 0 fully saturated rings. The topological polar surface area (TPSA) is 138 Å². The molecule has 2 amide bonds. The largest absolute Gasteiger partial charge is 0.331 e. The molecule has 0 spiro atoms. The van der Waals surface area contributed by atoms with Crippen molar-refractivity contribution in [3.8, 4) is 11.1 Å². The molecular weight excluding hydrogens is 420 g/mol. The zero-order valence-electron chi connectivity index (χ0n) is 17.3. The summed E-state index contributed by atoms with van der Waals surface area (Å²) in [6.07, 6.45) is 3.81. The highest BCUT2D eigenvalue weighted by Crippen LogP contribution is 2.19. The first kappa shape index (κ1) is 23.0. The Hall–Kier alpha value is -3.70. The maximum atomic E-state index is 13.9. The van der Waals surface area contributed by atoms with E-state index in [0.717, 1.165) is 30.8 Å². The van der Waals surface area contributed by atoms with Crippen LogP contribution in [0.5, 0.6) is 0 Å². The van der Waals surface area contributed by atoms with Gasteiger partial charge in [0.25, 0.3) is 5.56 Å².